The Morgan fingerprint density at radius 3 is 2.17 bits per heavy atom. The van der Waals surface area contributed by atoms with Crippen molar-refractivity contribution < 1.29 is 29.4 Å². The fourth-order valence-electron chi connectivity index (χ4n) is 3.51. The van der Waals surface area contributed by atoms with E-state index in [0.717, 1.165) is 41.7 Å². The van der Waals surface area contributed by atoms with Crippen LogP contribution < -0.4 is 16.4 Å². The molecule has 2 amide bonds. The van der Waals surface area contributed by atoms with Gasteiger partial charge in [-0.15, -0.1) is 0 Å². The van der Waals surface area contributed by atoms with E-state index in [-0.39, 0.29) is 18.2 Å². The zero-order chi connectivity index (χ0) is 26.5. The first-order valence-corrected chi connectivity index (χ1v) is 11.6. The molecule has 10 heteroatoms. The molecule has 3 aromatic rings. The van der Waals surface area contributed by atoms with Crippen LogP contribution in [0.5, 0.6) is 0 Å². The maximum atomic E-state index is 12.3. The van der Waals surface area contributed by atoms with Crippen LogP contribution in [0.4, 0.5) is 0 Å². The Kier molecular flexibility index (Phi) is 11.1. The summed E-state index contributed by atoms with van der Waals surface area (Å²) in [6.45, 7) is 4.51. The topological polar surface area (TPSA) is 175 Å². The number of amides is 2. The van der Waals surface area contributed by atoms with Crippen LogP contribution in [-0.2, 0) is 45.0 Å². The Labute approximate surface area is 208 Å². The molecule has 0 unspecified atom stereocenters. The molecule has 7 N–H and O–H groups in total. The SMILES string of the molecule is CCNCCc1c[nH]c2ccc(CCC(=O)NCc3ccc(CC(N)=O)cc3)cc12.O=C(O)C(=O)O. The van der Waals surface area contributed by atoms with Crippen molar-refractivity contribution in [1.82, 2.24) is 15.6 Å². The van der Waals surface area contributed by atoms with Crippen molar-refractivity contribution in [2.45, 2.75) is 39.2 Å². The molecule has 3 rings (SSSR count). The third-order valence-electron chi connectivity index (χ3n) is 5.37. The van der Waals surface area contributed by atoms with Gasteiger partial charge in [-0.1, -0.05) is 37.3 Å². The van der Waals surface area contributed by atoms with Crippen molar-refractivity contribution in [2.24, 2.45) is 5.73 Å². The second-order valence-electron chi connectivity index (χ2n) is 8.14. The maximum absolute atomic E-state index is 12.3. The van der Waals surface area contributed by atoms with E-state index in [1.165, 1.54) is 10.9 Å². The van der Waals surface area contributed by atoms with E-state index in [1.54, 1.807) is 0 Å². The zero-order valence-corrected chi connectivity index (χ0v) is 20.2. The highest BCUT2D eigenvalue weighted by atomic mass is 16.4. The van der Waals surface area contributed by atoms with E-state index in [2.05, 4.69) is 46.9 Å². The Morgan fingerprint density at radius 2 is 1.56 bits per heavy atom. The third-order valence-corrected chi connectivity index (χ3v) is 5.37. The number of rotatable bonds is 11. The monoisotopic (exact) mass is 496 g/mol. The normalized spacial score (nSPS) is 10.4. The van der Waals surface area contributed by atoms with Crippen molar-refractivity contribution in [2.75, 3.05) is 13.1 Å². The number of carboxylic acid groups (broad SMARTS) is 2. The van der Waals surface area contributed by atoms with Gasteiger partial charge in [0.15, 0.2) is 0 Å². The molecule has 0 aliphatic heterocycles. The van der Waals surface area contributed by atoms with Crippen LogP contribution in [0, 0.1) is 0 Å². The summed E-state index contributed by atoms with van der Waals surface area (Å²) in [4.78, 5) is 44.7. The van der Waals surface area contributed by atoms with Crippen LogP contribution in [0.1, 0.15) is 35.6 Å². The predicted molar refractivity (Wildman–Crippen MR) is 135 cm³/mol. The van der Waals surface area contributed by atoms with Gasteiger partial charge in [-0.05, 0) is 60.3 Å². The summed E-state index contributed by atoms with van der Waals surface area (Å²) in [6, 6.07) is 13.9. The van der Waals surface area contributed by atoms with E-state index in [0.29, 0.717) is 19.4 Å². The Hall–Kier alpha value is -4.18. The van der Waals surface area contributed by atoms with Gasteiger partial charge in [-0.25, -0.2) is 9.59 Å². The fraction of sp³-hybridized carbons (Fsp3) is 0.308. The van der Waals surface area contributed by atoms with E-state index in [9.17, 15) is 9.59 Å². The lowest BCUT2D eigenvalue weighted by molar-refractivity contribution is -0.159. The number of hydrogen-bond acceptors (Lipinski definition) is 5. The summed E-state index contributed by atoms with van der Waals surface area (Å²) in [5, 5.41) is 22.3. The van der Waals surface area contributed by atoms with Crippen molar-refractivity contribution in [3.05, 3.63) is 70.9 Å². The number of carbonyl (C=O) groups is 4. The summed E-state index contributed by atoms with van der Waals surface area (Å²) in [6.07, 6.45) is 4.44. The van der Waals surface area contributed by atoms with Gasteiger partial charge in [-0.2, -0.15) is 0 Å². The highest BCUT2D eigenvalue weighted by molar-refractivity contribution is 6.27. The van der Waals surface area contributed by atoms with Crippen molar-refractivity contribution >= 4 is 34.7 Å². The molecule has 0 saturated heterocycles. The number of nitrogens with two attached hydrogens (primary N) is 1. The third kappa shape index (κ3) is 9.59. The maximum Gasteiger partial charge on any atom is 0.414 e. The minimum Gasteiger partial charge on any atom is -0.473 e. The number of aromatic nitrogens is 1. The molecule has 0 aliphatic rings. The molecular weight excluding hydrogens is 464 g/mol. The van der Waals surface area contributed by atoms with Crippen molar-refractivity contribution in [3.63, 3.8) is 0 Å². The molecule has 1 heterocycles. The lowest BCUT2D eigenvalue weighted by atomic mass is 10.0. The highest BCUT2D eigenvalue weighted by Gasteiger charge is 2.07. The highest BCUT2D eigenvalue weighted by Crippen LogP contribution is 2.21. The number of H-pyrrole nitrogens is 1. The van der Waals surface area contributed by atoms with Gasteiger partial charge in [-0.3, -0.25) is 9.59 Å². The van der Waals surface area contributed by atoms with E-state index >= 15 is 0 Å². The van der Waals surface area contributed by atoms with Crippen LogP contribution in [0.15, 0.2) is 48.7 Å². The van der Waals surface area contributed by atoms with Crippen LogP contribution >= 0.6 is 0 Å². The smallest absolute Gasteiger partial charge is 0.414 e. The van der Waals surface area contributed by atoms with E-state index in [4.69, 9.17) is 25.5 Å². The van der Waals surface area contributed by atoms with Gasteiger partial charge in [0.05, 0.1) is 6.42 Å². The number of aromatic amines is 1. The minimum atomic E-state index is -1.82. The summed E-state index contributed by atoms with van der Waals surface area (Å²) in [7, 11) is 0. The average molecular weight is 497 g/mol. The molecule has 0 aliphatic carbocycles. The first-order valence-electron chi connectivity index (χ1n) is 11.6. The largest absolute Gasteiger partial charge is 0.473 e. The van der Waals surface area contributed by atoms with Crippen LogP contribution in [0.2, 0.25) is 0 Å². The first-order chi connectivity index (χ1) is 17.2. The number of aliphatic carboxylic acids is 2. The number of benzene rings is 2. The van der Waals surface area contributed by atoms with Crippen molar-refractivity contribution in [1.29, 1.82) is 0 Å². The van der Waals surface area contributed by atoms with Crippen molar-refractivity contribution in [3.8, 4) is 0 Å². The number of likely N-dealkylation sites (N-methyl/N-ethyl adjacent to an activating group) is 1. The van der Waals surface area contributed by atoms with Gasteiger partial charge >= 0.3 is 11.9 Å². The quantitative estimate of drug-likeness (QED) is 0.173. The number of nitrogens with one attached hydrogen (secondary N) is 3. The van der Waals surface area contributed by atoms with E-state index in [1.807, 2.05) is 24.3 Å². The Balaban J connectivity index is 0.000000678. The zero-order valence-electron chi connectivity index (χ0n) is 20.2. The molecule has 10 nitrogen and oxygen atoms in total. The number of carbonyl (C=O) groups excluding carboxylic acids is 2. The molecule has 36 heavy (non-hydrogen) atoms. The van der Waals surface area contributed by atoms with Gasteiger partial charge in [0.25, 0.3) is 0 Å². The molecule has 192 valence electrons. The summed E-state index contributed by atoms with van der Waals surface area (Å²) < 4.78 is 0. The van der Waals surface area contributed by atoms with Gasteiger partial charge in [0, 0.05) is 30.1 Å². The summed E-state index contributed by atoms with van der Waals surface area (Å²) in [5.41, 5.74) is 10.7. The van der Waals surface area contributed by atoms with Crippen LogP contribution in [-0.4, -0.2) is 52.0 Å². The number of primary amides is 1. The molecule has 0 bridgehead atoms. The standard InChI is InChI=1S/C24H30N4O2.C2H2O4/c1-2-26-12-11-20-16-27-22-9-7-17(13-21(20)22)8-10-24(30)28-15-19-5-3-18(4-6-19)14-23(25)29;3-1(4)2(5)6/h3-7,9,13,16,26-27H,2,8,10-12,14-15H2,1H3,(H2,25,29)(H,28,30);(H,3,4)(H,5,6). The molecule has 0 spiro atoms. The van der Waals surface area contributed by atoms with Crippen LogP contribution in [0.3, 0.4) is 0 Å². The van der Waals surface area contributed by atoms with Crippen LogP contribution in [0.25, 0.3) is 10.9 Å². The fourth-order valence-corrected chi connectivity index (χ4v) is 3.51. The second kappa shape index (κ2) is 14.3. The molecule has 0 fully saturated rings. The van der Waals surface area contributed by atoms with E-state index < -0.39 is 11.9 Å². The lowest BCUT2D eigenvalue weighted by Crippen LogP contribution is -2.23. The minimum absolute atomic E-state index is 0.0257. The predicted octanol–water partition coefficient (Wildman–Crippen LogP) is 1.75. The first kappa shape index (κ1) is 28.1. The number of aryl methyl sites for hydroxylation is 1. The summed E-state index contributed by atoms with van der Waals surface area (Å²) in [5.74, 6) is -3.97. The molecule has 1 aromatic heterocycles. The number of hydrogen-bond donors (Lipinski definition) is 6. The molecular formula is C26H32N4O6. The number of fused-ring (bicyclic) bond motifs is 1. The Morgan fingerprint density at radius 1 is 0.917 bits per heavy atom. The molecule has 0 radical (unpaired) electrons. The van der Waals surface area contributed by atoms with Gasteiger partial charge < -0.3 is 31.6 Å². The molecule has 2 aromatic carbocycles. The average Bonchev–Trinajstić information content (AvgIpc) is 3.24. The van der Waals surface area contributed by atoms with Gasteiger partial charge in [0.2, 0.25) is 11.8 Å². The Bertz CT molecular complexity index is 1170. The second-order valence-corrected chi connectivity index (χ2v) is 8.14. The molecule has 0 saturated carbocycles. The number of carboxylic acids is 2. The molecule has 0 atom stereocenters. The van der Waals surface area contributed by atoms with Gasteiger partial charge in [0.1, 0.15) is 0 Å². The summed E-state index contributed by atoms with van der Waals surface area (Å²) >= 11 is 0. The lowest BCUT2D eigenvalue weighted by Gasteiger charge is -2.07.